The van der Waals surface area contributed by atoms with E-state index in [1.54, 1.807) is 12.2 Å². The molecule has 0 amide bonds. The molecule has 0 saturated carbocycles. The molecule has 3 aliphatic rings. The molecule has 0 unspecified atom stereocenters. The SMILES string of the molecule is CC(=O)OC[C@H]1O[C@@H](N(CC2=C=CC=C2)CC2=C=CC=C2)[C@H](OC(C)=O)[C@@H](OC(C)=O)[C@@H]1OC(C)=O. The molecule has 0 radical (unpaired) electrons. The highest BCUT2D eigenvalue weighted by Gasteiger charge is 2.53. The van der Waals surface area contributed by atoms with Gasteiger partial charge < -0.3 is 23.7 Å². The summed E-state index contributed by atoms with van der Waals surface area (Å²) in [5, 5.41) is 0. The van der Waals surface area contributed by atoms with Gasteiger partial charge in [0.15, 0.2) is 24.5 Å². The summed E-state index contributed by atoms with van der Waals surface area (Å²) in [6.07, 6.45) is 5.39. The van der Waals surface area contributed by atoms with Crippen LogP contribution in [0.3, 0.4) is 0 Å². The standard InChI is InChI=1S/C26H29NO9/c1-16(28)32-15-22-23(33-17(2)29)24(34-18(3)30)25(35-19(4)31)26(36-22)27(13-20-9-5-6-10-20)14-21-11-7-8-12-21/h5-9,11,22-26H,13-15H2,1-4H3/t22-,23-,24+,25-,26-/m1/s1. The van der Waals surface area contributed by atoms with Gasteiger partial charge in [-0.15, -0.1) is 11.5 Å². The Bertz CT molecular complexity index is 1050. The molecular weight excluding hydrogens is 470 g/mol. The number of allylic oxidation sites excluding steroid dienone is 2. The molecule has 1 saturated heterocycles. The fourth-order valence-corrected chi connectivity index (χ4v) is 4.10. The van der Waals surface area contributed by atoms with Crippen molar-refractivity contribution in [1.29, 1.82) is 0 Å². The van der Waals surface area contributed by atoms with Crippen LogP contribution in [0, 0.1) is 0 Å². The van der Waals surface area contributed by atoms with Gasteiger partial charge in [-0.05, 0) is 24.3 Å². The normalized spacial score (nSPS) is 26.0. The monoisotopic (exact) mass is 499 g/mol. The van der Waals surface area contributed by atoms with Gasteiger partial charge in [0.05, 0.1) is 0 Å². The van der Waals surface area contributed by atoms with Crippen LogP contribution in [0.15, 0.2) is 59.1 Å². The van der Waals surface area contributed by atoms with E-state index in [-0.39, 0.29) is 6.61 Å². The van der Waals surface area contributed by atoms with E-state index in [9.17, 15) is 19.2 Å². The van der Waals surface area contributed by atoms with E-state index in [4.69, 9.17) is 23.7 Å². The molecular formula is C26H29NO9. The van der Waals surface area contributed by atoms with Crippen molar-refractivity contribution in [2.75, 3.05) is 19.7 Å². The minimum absolute atomic E-state index is 0.285. The number of carbonyl (C=O) groups is 4. The molecule has 0 aromatic rings. The summed E-state index contributed by atoms with van der Waals surface area (Å²) in [5.74, 6) is -2.58. The summed E-state index contributed by atoms with van der Waals surface area (Å²) in [7, 11) is 0. The van der Waals surface area contributed by atoms with E-state index in [0.717, 1.165) is 11.1 Å². The highest BCUT2D eigenvalue weighted by atomic mass is 16.7. The molecule has 0 aromatic heterocycles. The van der Waals surface area contributed by atoms with Gasteiger partial charge in [-0.2, -0.15) is 0 Å². The molecule has 1 aliphatic heterocycles. The lowest BCUT2D eigenvalue weighted by Crippen LogP contribution is -2.66. The Morgan fingerprint density at radius 2 is 1.28 bits per heavy atom. The third-order valence-electron chi connectivity index (χ3n) is 5.40. The van der Waals surface area contributed by atoms with Gasteiger partial charge in [0.1, 0.15) is 12.7 Å². The van der Waals surface area contributed by atoms with Crippen LogP contribution in [-0.2, 0) is 42.9 Å². The van der Waals surface area contributed by atoms with Crippen molar-refractivity contribution in [1.82, 2.24) is 4.90 Å². The Hall–Kier alpha value is -3.68. The van der Waals surface area contributed by atoms with E-state index >= 15 is 0 Å². The second-order valence-corrected chi connectivity index (χ2v) is 8.39. The molecule has 2 aliphatic carbocycles. The first-order valence-corrected chi connectivity index (χ1v) is 11.4. The Morgan fingerprint density at radius 1 is 0.778 bits per heavy atom. The predicted molar refractivity (Wildman–Crippen MR) is 125 cm³/mol. The second-order valence-electron chi connectivity index (χ2n) is 8.39. The minimum Gasteiger partial charge on any atom is -0.463 e. The van der Waals surface area contributed by atoms with Crippen LogP contribution in [0.2, 0.25) is 0 Å². The van der Waals surface area contributed by atoms with Crippen LogP contribution < -0.4 is 0 Å². The largest absolute Gasteiger partial charge is 0.463 e. The Balaban J connectivity index is 2.05. The average Bonchev–Trinajstić information content (AvgIpc) is 3.48. The quantitative estimate of drug-likeness (QED) is 0.250. The lowest BCUT2D eigenvalue weighted by molar-refractivity contribution is -0.277. The summed E-state index contributed by atoms with van der Waals surface area (Å²) in [5.41, 5.74) is 7.95. The number of hydrogen-bond acceptors (Lipinski definition) is 10. The second kappa shape index (κ2) is 12.3. The lowest BCUT2D eigenvalue weighted by atomic mass is 9.96. The van der Waals surface area contributed by atoms with Crippen molar-refractivity contribution in [3.05, 3.63) is 59.1 Å². The molecule has 1 fully saturated rings. The van der Waals surface area contributed by atoms with Crippen molar-refractivity contribution < 1.29 is 42.9 Å². The van der Waals surface area contributed by atoms with Gasteiger partial charge >= 0.3 is 23.9 Å². The third kappa shape index (κ3) is 7.41. The molecule has 3 rings (SSSR count). The molecule has 36 heavy (non-hydrogen) atoms. The molecule has 0 aromatic carbocycles. The van der Waals surface area contributed by atoms with Gasteiger partial charge in [-0.3, -0.25) is 24.1 Å². The molecule has 10 nitrogen and oxygen atoms in total. The molecule has 10 heteroatoms. The fraction of sp³-hybridized carbons (Fsp3) is 0.462. The van der Waals surface area contributed by atoms with E-state index in [0.29, 0.717) is 13.1 Å². The summed E-state index contributed by atoms with van der Waals surface area (Å²) >= 11 is 0. The van der Waals surface area contributed by atoms with Gasteiger partial charge in [0, 0.05) is 51.9 Å². The maximum Gasteiger partial charge on any atom is 0.303 e. The van der Waals surface area contributed by atoms with Crippen LogP contribution in [0.25, 0.3) is 0 Å². The molecule has 0 bridgehead atoms. The minimum atomic E-state index is -1.23. The van der Waals surface area contributed by atoms with Gasteiger partial charge in [-0.25, -0.2) is 0 Å². The van der Waals surface area contributed by atoms with Crippen molar-refractivity contribution in [3.63, 3.8) is 0 Å². The smallest absolute Gasteiger partial charge is 0.303 e. The number of carbonyl (C=O) groups excluding carboxylic acids is 4. The molecule has 0 N–H and O–H groups in total. The average molecular weight is 500 g/mol. The van der Waals surface area contributed by atoms with E-state index < -0.39 is 54.5 Å². The van der Waals surface area contributed by atoms with Gasteiger partial charge in [0.25, 0.3) is 0 Å². The summed E-state index contributed by atoms with van der Waals surface area (Å²) in [4.78, 5) is 49.6. The first kappa shape index (κ1) is 26.9. The molecule has 1 heterocycles. The topological polar surface area (TPSA) is 118 Å². The zero-order valence-electron chi connectivity index (χ0n) is 20.6. The maximum atomic E-state index is 12.1. The Morgan fingerprint density at radius 3 is 1.72 bits per heavy atom. The van der Waals surface area contributed by atoms with Crippen LogP contribution in [0.1, 0.15) is 27.7 Å². The maximum absolute atomic E-state index is 12.1. The Kier molecular flexibility index (Phi) is 9.22. The van der Waals surface area contributed by atoms with Crippen molar-refractivity contribution in [2.45, 2.75) is 58.3 Å². The number of hydrogen-bond donors (Lipinski definition) is 0. The van der Waals surface area contributed by atoms with Crippen LogP contribution in [-0.4, -0.2) is 79.1 Å². The molecule has 192 valence electrons. The van der Waals surface area contributed by atoms with Crippen molar-refractivity contribution in [3.8, 4) is 0 Å². The van der Waals surface area contributed by atoms with Crippen LogP contribution in [0.4, 0.5) is 0 Å². The first-order chi connectivity index (χ1) is 17.1. The molecule has 5 atom stereocenters. The Labute approximate surface area is 209 Å². The van der Waals surface area contributed by atoms with Crippen LogP contribution >= 0.6 is 0 Å². The number of rotatable bonds is 10. The van der Waals surface area contributed by atoms with Gasteiger partial charge in [0.2, 0.25) is 0 Å². The third-order valence-corrected chi connectivity index (χ3v) is 5.40. The zero-order valence-corrected chi connectivity index (χ0v) is 20.6. The molecule has 0 spiro atoms. The predicted octanol–water partition coefficient (Wildman–Crippen LogP) is 1.67. The zero-order chi connectivity index (χ0) is 26.2. The summed E-state index contributed by atoms with van der Waals surface area (Å²) in [6.45, 7) is 5.20. The number of nitrogens with zero attached hydrogens (tertiary/aromatic N) is 1. The number of ether oxygens (including phenoxy) is 5. The van der Waals surface area contributed by atoms with E-state index in [1.165, 1.54) is 27.7 Å². The summed E-state index contributed by atoms with van der Waals surface area (Å²) in [6, 6.07) is 0. The first-order valence-electron chi connectivity index (χ1n) is 11.4. The van der Waals surface area contributed by atoms with E-state index in [2.05, 4.69) is 11.5 Å². The van der Waals surface area contributed by atoms with Gasteiger partial charge in [-0.1, -0.05) is 12.2 Å². The van der Waals surface area contributed by atoms with Crippen molar-refractivity contribution in [2.24, 2.45) is 0 Å². The lowest BCUT2D eigenvalue weighted by Gasteiger charge is -2.47. The fourth-order valence-electron chi connectivity index (χ4n) is 4.10. The highest BCUT2D eigenvalue weighted by Crippen LogP contribution is 2.32. The van der Waals surface area contributed by atoms with E-state index in [1.807, 2.05) is 29.2 Å². The number of esters is 4. The summed E-state index contributed by atoms with van der Waals surface area (Å²) < 4.78 is 28.1. The van der Waals surface area contributed by atoms with Crippen molar-refractivity contribution >= 4 is 23.9 Å². The highest BCUT2D eigenvalue weighted by molar-refractivity contribution is 5.68. The van der Waals surface area contributed by atoms with Crippen LogP contribution in [0.5, 0.6) is 0 Å².